The molecular weight excluding hydrogens is 220 g/mol. The molecule has 3 nitrogen and oxygen atoms in total. The van der Waals surface area contributed by atoms with Crippen LogP contribution in [0.3, 0.4) is 0 Å². The molecule has 0 aliphatic rings. The number of carbonyl (C=O) groups excluding carboxylic acids is 1. The number of nitrogens with zero attached hydrogens (tertiary/aromatic N) is 1. The summed E-state index contributed by atoms with van der Waals surface area (Å²) in [7, 11) is 0. The molecule has 1 aromatic heterocycles. The second-order valence-corrected chi connectivity index (χ2v) is 4.18. The van der Waals surface area contributed by atoms with E-state index in [1.54, 1.807) is 10.9 Å². The van der Waals surface area contributed by atoms with Crippen LogP contribution in [-0.2, 0) is 0 Å². The van der Waals surface area contributed by atoms with Crippen LogP contribution >= 0.6 is 22.9 Å². The molecule has 1 aromatic rings. The van der Waals surface area contributed by atoms with Crippen molar-refractivity contribution >= 4 is 28.8 Å². The van der Waals surface area contributed by atoms with E-state index in [0.29, 0.717) is 11.6 Å². The van der Waals surface area contributed by atoms with Crippen LogP contribution < -0.4 is 5.32 Å². The van der Waals surface area contributed by atoms with E-state index >= 15 is 0 Å². The largest absolute Gasteiger partial charge is 0.348 e. The Morgan fingerprint density at radius 3 is 3.14 bits per heavy atom. The summed E-state index contributed by atoms with van der Waals surface area (Å²) in [5.74, 6) is 0.532. The quantitative estimate of drug-likeness (QED) is 0.792. The van der Waals surface area contributed by atoms with E-state index in [-0.39, 0.29) is 11.9 Å². The van der Waals surface area contributed by atoms with Crippen LogP contribution in [0.25, 0.3) is 0 Å². The number of hydrogen-bond donors (Lipinski definition) is 1. The lowest BCUT2D eigenvalue weighted by molar-refractivity contribution is 0.0934. The molecule has 1 N–H and O–H groups in total. The van der Waals surface area contributed by atoms with E-state index in [1.165, 1.54) is 11.3 Å². The normalized spacial score (nSPS) is 12.4. The summed E-state index contributed by atoms with van der Waals surface area (Å²) < 4.78 is 0. The number of aromatic nitrogens is 1. The number of alkyl halides is 1. The minimum atomic E-state index is -0.103. The Bertz CT molecular complexity index is 276. The first kappa shape index (κ1) is 11.5. The van der Waals surface area contributed by atoms with Crippen LogP contribution in [0.5, 0.6) is 0 Å². The predicted molar refractivity (Wildman–Crippen MR) is 59.0 cm³/mol. The molecule has 0 aliphatic carbocycles. The first-order valence-electron chi connectivity index (χ1n) is 4.49. The molecule has 5 heteroatoms. The van der Waals surface area contributed by atoms with Gasteiger partial charge in [-0.2, -0.15) is 0 Å². The zero-order chi connectivity index (χ0) is 10.4. The molecule has 0 fully saturated rings. The molecule has 0 aliphatic heterocycles. The van der Waals surface area contributed by atoms with Crippen LogP contribution in [0.1, 0.15) is 30.3 Å². The summed E-state index contributed by atoms with van der Waals surface area (Å²) in [6, 6.07) is 0.156. The van der Waals surface area contributed by atoms with Gasteiger partial charge in [-0.1, -0.05) is 0 Å². The van der Waals surface area contributed by atoms with Gasteiger partial charge in [-0.05, 0) is 19.8 Å². The Balaban J connectivity index is 2.34. The van der Waals surface area contributed by atoms with Gasteiger partial charge in [0.15, 0.2) is 0 Å². The Morgan fingerprint density at radius 2 is 2.57 bits per heavy atom. The van der Waals surface area contributed by atoms with Crippen LogP contribution in [-0.4, -0.2) is 22.8 Å². The third-order valence-corrected chi connectivity index (χ3v) is 2.67. The zero-order valence-corrected chi connectivity index (χ0v) is 9.57. The van der Waals surface area contributed by atoms with Crippen LogP contribution in [0, 0.1) is 0 Å². The van der Waals surface area contributed by atoms with E-state index in [0.717, 1.165) is 12.8 Å². The highest BCUT2D eigenvalue weighted by Crippen LogP contribution is 2.03. The summed E-state index contributed by atoms with van der Waals surface area (Å²) in [6.07, 6.45) is 1.82. The number of rotatable bonds is 5. The van der Waals surface area contributed by atoms with Gasteiger partial charge >= 0.3 is 0 Å². The maximum atomic E-state index is 11.5. The van der Waals surface area contributed by atoms with Gasteiger partial charge in [0, 0.05) is 17.3 Å². The molecule has 0 spiro atoms. The van der Waals surface area contributed by atoms with E-state index in [9.17, 15) is 4.79 Å². The zero-order valence-electron chi connectivity index (χ0n) is 8.00. The van der Waals surface area contributed by atoms with E-state index in [2.05, 4.69) is 10.3 Å². The molecule has 1 atom stereocenters. The first-order valence-corrected chi connectivity index (χ1v) is 5.96. The molecule has 0 bridgehead atoms. The lowest BCUT2D eigenvalue weighted by Gasteiger charge is -2.11. The number of thiazole rings is 1. The SMILES string of the molecule is CC(CCCCl)NC(=O)c1cscn1. The minimum Gasteiger partial charge on any atom is -0.348 e. The van der Waals surface area contributed by atoms with Crippen molar-refractivity contribution in [3.63, 3.8) is 0 Å². The molecule has 14 heavy (non-hydrogen) atoms. The van der Waals surface area contributed by atoms with Gasteiger partial charge in [-0.3, -0.25) is 4.79 Å². The highest BCUT2D eigenvalue weighted by molar-refractivity contribution is 7.07. The number of amides is 1. The van der Waals surface area contributed by atoms with Crippen molar-refractivity contribution < 1.29 is 4.79 Å². The smallest absolute Gasteiger partial charge is 0.270 e. The molecular formula is C9H13ClN2OS. The lowest BCUT2D eigenvalue weighted by atomic mass is 10.2. The van der Waals surface area contributed by atoms with Crippen molar-refractivity contribution in [1.29, 1.82) is 0 Å². The molecule has 1 heterocycles. The number of hydrogen-bond acceptors (Lipinski definition) is 3. The van der Waals surface area contributed by atoms with Gasteiger partial charge in [-0.25, -0.2) is 4.98 Å². The standard InChI is InChI=1S/C9H13ClN2OS/c1-7(3-2-4-10)12-9(13)8-5-14-6-11-8/h5-7H,2-4H2,1H3,(H,12,13). The Kier molecular flexibility index (Phi) is 4.90. The number of nitrogens with one attached hydrogen (secondary N) is 1. The van der Waals surface area contributed by atoms with Gasteiger partial charge in [0.2, 0.25) is 0 Å². The van der Waals surface area contributed by atoms with Gasteiger partial charge < -0.3 is 5.32 Å². The van der Waals surface area contributed by atoms with Crippen molar-refractivity contribution in [2.45, 2.75) is 25.8 Å². The molecule has 1 rings (SSSR count). The van der Waals surface area contributed by atoms with Crippen molar-refractivity contribution in [1.82, 2.24) is 10.3 Å². The maximum absolute atomic E-state index is 11.5. The van der Waals surface area contributed by atoms with Gasteiger partial charge in [0.1, 0.15) is 5.69 Å². The van der Waals surface area contributed by atoms with Crippen molar-refractivity contribution in [3.05, 3.63) is 16.6 Å². The lowest BCUT2D eigenvalue weighted by Crippen LogP contribution is -2.32. The summed E-state index contributed by atoms with van der Waals surface area (Å²) in [5.41, 5.74) is 2.14. The van der Waals surface area contributed by atoms with E-state index < -0.39 is 0 Å². The molecule has 0 saturated heterocycles. The third kappa shape index (κ3) is 3.64. The Labute approximate surface area is 92.5 Å². The number of carbonyl (C=O) groups is 1. The number of halogens is 1. The molecule has 0 radical (unpaired) electrons. The average Bonchev–Trinajstić information content (AvgIpc) is 2.67. The molecule has 1 unspecified atom stereocenters. The van der Waals surface area contributed by atoms with Crippen LogP contribution in [0.15, 0.2) is 10.9 Å². The van der Waals surface area contributed by atoms with Gasteiger partial charge in [-0.15, -0.1) is 22.9 Å². The van der Waals surface area contributed by atoms with Crippen molar-refractivity contribution in [2.75, 3.05) is 5.88 Å². The highest BCUT2D eigenvalue weighted by Gasteiger charge is 2.10. The molecule has 0 saturated carbocycles. The van der Waals surface area contributed by atoms with E-state index in [4.69, 9.17) is 11.6 Å². The average molecular weight is 233 g/mol. The van der Waals surface area contributed by atoms with Gasteiger partial charge in [0.05, 0.1) is 5.51 Å². The molecule has 0 aromatic carbocycles. The van der Waals surface area contributed by atoms with Crippen LogP contribution in [0.2, 0.25) is 0 Å². The van der Waals surface area contributed by atoms with Crippen molar-refractivity contribution in [2.24, 2.45) is 0 Å². The van der Waals surface area contributed by atoms with E-state index in [1.807, 2.05) is 6.92 Å². The monoisotopic (exact) mass is 232 g/mol. The maximum Gasteiger partial charge on any atom is 0.270 e. The second kappa shape index (κ2) is 5.98. The molecule has 1 amide bonds. The van der Waals surface area contributed by atoms with Crippen LogP contribution in [0.4, 0.5) is 0 Å². The fourth-order valence-electron chi connectivity index (χ4n) is 1.08. The second-order valence-electron chi connectivity index (χ2n) is 3.08. The summed E-state index contributed by atoms with van der Waals surface area (Å²) in [6.45, 7) is 1.97. The molecule has 78 valence electrons. The topological polar surface area (TPSA) is 42.0 Å². The first-order chi connectivity index (χ1) is 6.74. The summed E-state index contributed by atoms with van der Waals surface area (Å²) in [4.78, 5) is 15.4. The highest BCUT2D eigenvalue weighted by atomic mass is 35.5. The summed E-state index contributed by atoms with van der Waals surface area (Å²) >= 11 is 6.98. The third-order valence-electron chi connectivity index (χ3n) is 1.81. The predicted octanol–water partition coefficient (Wildman–Crippen LogP) is 2.28. The Hall–Kier alpha value is -0.610. The fourth-order valence-corrected chi connectivity index (χ4v) is 1.76. The minimum absolute atomic E-state index is 0.103. The van der Waals surface area contributed by atoms with Gasteiger partial charge in [0.25, 0.3) is 5.91 Å². The fraction of sp³-hybridized carbons (Fsp3) is 0.556. The van der Waals surface area contributed by atoms with Crippen molar-refractivity contribution in [3.8, 4) is 0 Å². The Morgan fingerprint density at radius 1 is 1.79 bits per heavy atom. The summed E-state index contributed by atoms with van der Waals surface area (Å²) in [5, 5.41) is 4.60.